The molecule has 0 aromatic rings. The number of unbranched alkanes of at least 4 members (excludes halogenated alkanes) is 32. The summed E-state index contributed by atoms with van der Waals surface area (Å²) >= 11 is 0. The molecule has 0 fully saturated rings. The van der Waals surface area contributed by atoms with Gasteiger partial charge in [0.15, 0.2) is 6.10 Å². The number of carbonyl (C=O) groups excluding carboxylic acids is 3. The number of carbonyl (C=O) groups is 3. The molecular weight excluding hydrogens is 949 g/mol. The molecule has 0 rings (SSSR count). The van der Waals surface area contributed by atoms with Gasteiger partial charge in [-0.2, -0.15) is 0 Å². The van der Waals surface area contributed by atoms with Crippen LogP contribution < -0.4 is 0 Å². The summed E-state index contributed by atoms with van der Waals surface area (Å²) < 4.78 is 16.9. The maximum atomic E-state index is 12.9. The molecule has 77 heavy (non-hydrogen) atoms. The summed E-state index contributed by atoms with van der Waals surface area (Å²) in [5.41, 5.74) is 0. The van der Waals surface area contributed by atoms with E-state index >= 15 is 0 Å². The van der Waals surface area contributed by atoms with Crippen LogP contribution >= 0.6 is 0 Å². The maximum Gasteiger partial charge on any atom is 0.306 e. The molecule has 0 aliphatic heterocycles. The molecule has 442 valence electrons. The van der Waals surface area contributed by atoms with E-state index in [9.17, 15) is 14.4 Å². The summed E-state index contributed by atoms with van der Waals surface area (Å²) in [5, 5.41) is 0. The van der Waals surface area contributed by atoms with Crippen molar-refractivity contribution in [3.8, 4) is 0 Å². The van der Waals surface area contributed by atoms with Crippen LogP contribution in [0.5, 0.6) is 0 Å². The number of hydrogen-bond acceptors (Lipinski definition) is 6. The molecule has 0 aromatic heterocycles. The van der Waals surface area contributed by atoms with Gasteiger partial charge in [-0.25, -0.2) is 0 Å². The Labute approximate surface area is 477 Å². The predicted octanol–water partition coefficient (Wildman–Crippen LogP) is 22.4. The highest BCUT2D eigenvalue weighted by Crippen LogP contribution is 2.17. The van der Waals surface area contributed by atoms with Crippen molar-refractivity contribution in [2.75, 3.05) is 13.2 Å². The van der Waals surface area contributed by atoms with Gasteiger partial charge in [0.05, 0.1) is 0 Å². The van der Waals surface area contributed by atoms with Crippen molar-refractivity contribution in [1.82, 2.24) is 0 Å². The summed E-state index contributed by atoms with van der Waals surface area (Å²) in [4.78, 5) is 38.3. The number of hydrogen-bond donors (Lipinski definition) is 0. The lowest BCUT2D eigenvalue weighted by Crippen LogP contribution is -2.30. The van der Waals surface area contributed by atoms with E-state index in [0.717, 1.165) is 135 Å². The highest BCUT2D eigenvalue weighted by Gasteiger charge is 2.19. The van der Waals surface area contributed by atoms with Gasteiger partial charge in [0.1, 0.15) is 13.2 Å². The zero-order chi connectivity index (χ0) is 55.7. The zero-order valence-corrected chi connectivity index (χ0v) is 50.7. The van der Waals surface area contributed by atoms with E-state index in [4.69, 9.17) is 14.2 Å². The molecular formula is C71H122O6. The second kappa shape index (κ2) is 64.9. The van der Waals surface area contributed by atoms with Gasteiger partial charge in [-0.3, -0.25) is 14.4 Å². The molecule has 0 N–H and O–H groups in total. The van der Waals surface area contributed by atoms with Gasteiger partial charge < -0.3 is 14.2 Å². The number of rotatable bonds is 59. The fraction of sp³-hybridized carbons (Fsp3) is 0.732. The molecule has 0 bridgehead atoms. The minimum Gasteiger partial charge on any atom is -0.462 e. The van der Waals surface area contributed by atoms with Crippen molar-refractivity contribution >= 4 is 17.9 Å². The molecule has 0 radical (unpaired) electrons. The third-order valence-corrected chi connectivity index (χ3v) is 14.1. The Bertz CT molecular complexity index is 1510. The minimum atomic E-state index is -0.799. The van der Waals surface area contributed by atoms with E-state index in [2.05, 4.69) is 118 Å². The first-order valence-electron chi connectivity index (χ1n) is 32.7. The largest absolute Gasteiger partial charge is 0.462 e. The van der Waals surface area contributed by atoms with Crippen LogP contribution in [0.3, 0.4) is 0 Å². The third-order valence-electron chi connectivity index (χ3n) is 14.1. The van der Waals surface area contributed by atoms with E-state index in [1.54, 1.807) is 0 Å². The molecule has 6 heteroatoms. The minimum absolute atomic E-state index is 0.0922. The van der Waals surface area contributed by atoms with Crippen molar-refractivity contribution < 1.29 is 28.6 Å². The first kappa shape index (κ1) is 73.3. The van der Waals surface area contributed by atoms with Gasteiger partial charge in [0, 0.05) is 19.3 Å². The summed E-state index contributed by atoms with van der Waals surface area (Å²) in [7, 11) is 0. The van der Waals surface area contributed by atoms with E-state index in [1.165, 1.54) is 141 Å². The smallest absolute Gasteiger partial charge is 0.306 e. The quantitative estimate of drug-likeness (QED) is 0.0261. The van der Waals surface area contributed by atoms with Crippen LogP contribution in [0.15, 0.2) is 97.2 Å². The first-order chi connectivity index (χ1) is 38.0. The van der Waals surface area contributed by atoms with Gasteiger partial charge in [-0.15, -0.1) is 0 Å². The zero-order valence-electron chi connectivity index (χ0n) is 50.7. The van der Waals surface area contributed by atoms with Gasteiger partial charge in [0.25, 0.3) is 0 Å². The van der Waals surface area contributed by atoms with Crippen LogP contribution in [-0.2, 0) is 28.6 Å². The van der Waals surface area contributed by atoms with Crippen molar-refractivity contribution in [2.45, 2.75) is 322 Å². The van der Waals surface area contributed by atoms with Gasteiger partial charge in [0.2, 0.25) is 0 Å². The molecule has 0 aromatic carbocycles. The van der Waals surface area contributed by atoms with Crippen molar-refractivity contribution in [1.29, 1.82) is 0 Å². The molecule has 0 amide bonds. The fourth-order valence-electron chi connectivity index (χ4n) is 9.21. The molecule has 1 atom stereocenters. The number of ether oxygens (including phenoxy) is 3. The monoisotopic (exact) mass is 1070 g/mol. The average Bonchev–Trinajstić information content (AvgIpc) is 3.43. The van der Waals surface area contributed by atoms with E-state index in [-0.39, 0.29) is 31.1 Å². The normalized spacial score (nSPS) is 12.7. The van der Waals surface area contributed by atoms with Crippen molar-refractivity contribution in [3.63, 3.8) is 0 Å². The van der Waals surface area contributed by atoms with Crippen molar-refractivity contribution in [2.24, 2.45) is 0 Å². The molecule has 0 aliphatic carbocycles. The second-order valence-electron chi connectivity index (χ2n) is 21.6. The Morgan fingerprint density at radius 2 is 0.506 bits per heavy atom. The van der Waals surface area contributed by atoms with Gasteiger partial charge in [-0.05, 0) is 116 Å². The molecule has 0 saturated carbocycles. The van der Waals surface area contributed by atoms with Crippen LogP contribution in [0.1, 0.15) is 316 Å². The first-order valence-corrected chi connectivity index (χ1v) is 32.7. The Kier molecular flexibility index (Phi) is 61.8. The molecule has 0 saturated heterocycles. The van der Waals surface area contributed by atoms with Crippen LogP contribution in [-0.4, -0.2) is 37.2 Å². The summed E-state index contributed by atoms with van der Waals surface area (Å²) in [6.45, 7) is 6.41. The Hall–Kier alpha value is -3.67. The molecule has 0 aliphatic rings. The lowest BCUT2D eigenvalue weighted by atomic mass is 10.0. The maximum absolute atomic E-state index is 12.9. The summed E-state index contributed by atoms with van der Waals surface area (Å²) in [5.74, 6) is -0.924. The van der Waals surface area contributed by atoms with Crippen LogP contribution in [0, 0.1) is 0 Å². The Balaban J connectivity index is 4.31. The molecule has 6 nitrogen and oxygen atoms in total. The van der Waals surface area contributed by atoms with Crippen LogP contribution in [0.4, 0.5) is 0 Å². The van der Waals surface area contributed by atoms with Gasteiger partial charge in [-0.1, -0.05) is 279 Å². The fourth-order valence-corrected chi connectivity index (χ4v) is 9.21. The number of allylic oxidation sites excluding steroid dienone is 16. The summed E-state index contributed by atoms with van der Waals surface area (Å²) in [6.07, 6.45) is 87.1. The Morgan fingerprint density at radius 1 is 0.273 bits per heavy atom. The topological polar surface area (TPSA) is 78.9 Å². The predicted molar refractivity (Wildman–Crippen MR) is 334 cm³/mol. The average molecular weight is 1070 g/mol. The second-order valence-corrected chi connectivity index (χ2v) is 21.6. The standard InChI is InChI=1S/C71H122O6/c1-4-7-10-13-16-19-22-25-28-30-31-32-33-34-35-36-37-38-39-41-43-46-49-52-55-58-61-64-70(73)76-67-68(66-75-69(72)63-60-57-54-51-48-45-42-27-24-21-18-15-12-9-6-3)77-71(74)65-62-59-56-53-50-47-44-40-29-26-23-20-17-14-11-8-5-2/h8-9,11-12,17-18,20-21,26-27,29-31,42,44,47,68H,4-7,10,13-16,19,22-25,28,32-41,43,45-46,48-67H2,1-3H3/b11-8-,12-9-,20-17-,21-18-,29-26-,31-30-,42-27-,47-44-. The van der Waals surface area contributed by atoms with E-state index in [1.807, 2.05) is 0 Å². The highest BCUT2D eigenvalue weighted by molar-refractivity contribution is 5.71. The van der Waals surface area contributed by atoms with Crippen molar-refractivity contribution in [3.05, 3.63) is 97.2 Å². The molecule has 1 unspecified atom stereocenters. The summed E-state index contributed by atoms with van der Waals surface area (Å²) in [6, 6.07) is 0. The molecule has 0 spiro atoms. The lowest BCUT2D eigenvalue weighted by Gasteiger charge is -2.18. The van der Waals surface area contributed by atoms with E-state index in [0.29, 0.717) is 19.3 Å². The number of esters is 3. The van der Waals surface area contributed by atoms with E-state index < -0.39 is 6.10 Å². The van der Waals surface area contributed by atoms with Crippen LogP contribution in [0.25, 0.3) is 0 Å². The highest BCUT2D eigenvalue weighted by atomic mass is 16.6. The third kappa shape index (κ3) is 63.0. The van der Waals surface area contributed by atoms with Gasteiger partial charge >= 0.3 is 17.9 Å². The SMILES string of the molecule is CC/C=C\C/C=C\C/C=C\C/C=C\CCCCCCC(=O)OC(COC(=O)CCCCCCC/C=C\C/C=C\C/C=C\CC)COC(=O)CCCCCCCCCCCCCCCCC/C=C\CCCCCCCCCC. The lowest BCUT2D eigenvalue weighted by molar-refractivity contribution is -0.167. The Morgan fingerprint density at radius 3 is 0.805 bits per heavy atom. The molecule has 0 heterocycles. The van der Waals surface area contributed by atoms with Crippen LogP contribution in [0.2, 0.25) is 0 Å².